The van der Waals surface area contributed by atoms with Crippen molar-refractivity contribution in [1.29, 1.82) is 0 Å². The van der Waals surface area contributed by atoms with Gasteiger partial charge in [0.1, 0.15) is 5.75 Å². The van der Waals surface area contributed by atoms with E-state index in [1.165, 1.54) is 23.9 Å². The number of nitro benzene ring substituents is 1. The molecule has 4 rings (SSSR count). The first-order valence-electron chi connectivity index (χ1n) is 10.9. The topological polar surface area (TPSA) is 125 Å². The van der Waals surface area contributed by atoms with Crippen molar-refractivity contribution in [2.75, 3.05) is 12.9 Å². The van der Waals surface area contributed by atoms with Gasteiger partial charge in [0.2, 0.25) is 0 Å². The van der Waals surface area contributed by atoms with Gasteiger partial charge in [-0.2, -0.15) is 5.10 Å². The van der Waals surface area contributed by atoms with Gasteiger partial charge in [-0.15, -0.1) is 10.2 Å². The predicted molar refractivity (Wildman–Crippen MR) is 143 cm³/mol. The van der Waals surface area contributed by atoms with Gasteiger partial charge in [0, 0.05) is 34.0 Å². The van der Waals surface area contributed by atoms with E-state index in [1.54, 1.807) is 38.3 Å². The summed E-state index contributed by atoms with van der Waals surface area (Å²) in [6.07, 6.45) is 0. The van der Waals surface area contributed by atoms with E-state index in [0.717, 1.165) is 11.3 Å². The van der Waals surface area contributed by atoms with Crippen LogP contribution in [-0.2, 0) is 4.79 Å². The molecule has 0 radical (unpaired) electrons. The molecular formula is C25H21ClN6O4S. The van der Waals surface area contributed by atoms with Gasteiger partial charge in [-0.25, -0.2) is 5.43 Å². The monoisotopic (exact) mass is 536 g/mol. The van der Waals surface area contributed by atoms with Gasteiger partial charge in [-0.3, -0.25) is 19.5 Å². The lowest BCUT2D eigenvalue weighted by atomic mass is 10.1. The summed E-state index contributed by atoms with van der Waals surface area (Å²) < 4.78 is 7.08. The van der Waals surface area contributed by atoms with Gasteiger partial charge in [0.25, 0.3) is 11.6 Å². The number of nitrogens with one attached hydrogen (secondary N) is 1. The second kappa shape index (κ2) is 11.7. The van der Waals surface area contributed by atoms with Crippen molar-refractivity contribution >= 4 is 40.7 Å². The van der Waals surface area contributed by atoms with Crippen LogP contribution < -0.4 is 10.2 Å². The molecule has 0 bridgehead atoms. The van der Waals surface area contributed by atoms with Gasteiger partial charge in [-0.1, -0.05) is 35.5 Å². The van der Waals surface area contributed by atoms with E-state index in [9.17, 15) is 14.9 Å². The average molecular weight is 537 g/mol. The van der Waals surface area contributed by atoms with Crippen LogP contribution in [0.1, 0.15) is 12.5 Å². The number of nitrogens with zero attached hydrogens (tertiary/aromatic N) is 5. The van der Waals surface area contributed by atoms with Crippen LogP contribution in [0.15, 0.2) is 83.1 Å². The number of hydrogen-bond acceptors (Lipinski definition) is 8. The molecule has 12 heteroatoms. The van der Waals surface area contributed by atoms with Crippen LogP contribution in [0.5, 0.6) is 5.75 Å². The highest BCUT2D eigenvalue weighted by molar-refractivity contribution is 7.99. The number of carbonyl (C=O) groups excluding carboxylic acids is 1. The third kappa shape index (κ3) is 6.32. The van der Waals surface area contributed by atoms with Crippen molar-refractivity contribution in [1.82, 2.24) is 20.2 Å². The minimum Gasteiger partial charge on any atom is -0.497 e. The Labute approximate surface area is 221 Å². The molecule has 0 saturated carbocycles. The van der Waals surface area contributed by atoms with Crippen LogP contribution in [0, 0.1) is 10.1 Å². The van der Waals surface area contributed by atoms with Gasteiger partial charge in [0.15, 0.2) is 11.0 Å². The van der Waals surface area contributed by atoms with Crippen LogP contribution in [0.25, 0.3) is 17.1 Å². The van der Waals surface area contributed by atoms with Crippen LogP contribution in [-0.4, -0.2) is 44.2 Å². The fourth-order valence-electron chi connectivity index (χ4n) is 3.33. The summed E-state index contributed by atoms with van der Waals surface area (Å²) >= 11 is 7.27. The molecule has 0 aliphatic heterocycles. The SMILES string of the molecule is COc1ccc(-c2nnc(SCC(=O)NN=C(C)c3cccc([N+](=O)[O-])c3)n2-c2ccc(Cl)cc2)cc1. The zero-order valence-electron chi connectivity index (χ0n) is 19.8. The van der Waals surface area contributed by atoms with Crippen molar-refractivity contribution in [3.63, 3.8) is 0 Å². The summed E-state index contributed by atoms with van der Waals surface area (Å²) in [5.41, 5.74) is 5.01. The molecule has 3 aromatic carbocycles. The normalized spacial score (nSPS) is 11.3. The highest BCUT2D eigenvalue weighted by atomic mass is 35.5. The number of hydrogen-bond donors (Lipinski definition) is 1. The van der Waals surface area contributed by atoms with Gasteiger partial charge in [-0.05, 0) is 55.5 Å². The van der Waals surface area contributed by atoms with E-state index >= 15 is 0 Å². The first kappa shape index (κ1) is 25.9. The molecule has 1 aromatic heterocycles. The summed E-state index contributed by atoms with van der Waals surface area (Å²) in [6, 6.07) is 20.7. The van der Waals surface area contributed by atoms with Crippen LogP contribution in [0.2, 0.25) is 5.02 Å². The second-order valence-corrected chi connectivity index (χ2v) is 9.05. The summed E-state index contributed by atoms with van der Waals surface area (Å²) in [5, 5.41) is 24.8. The molecule has 0 aliphatic rings. The number of methoxy groups -OCH3 is 1. The Balaban J connectivity index is 1.52. The maximum absolute atomic E-state index is 12.5. The van der Waals surface area contributed by atoms with Gasteiger partial charge in [0.05, 0.1) is 23.5 Å². The molecule has 0 spiro atoms. The number of halogens is 1. The largest absolute Gasteiger partial charge is 0.497 e. The fourth-order valence-corrected chi connectivity index (χ4v) is 4.20. The quantitative estimate of drug-likeness (QED) is 0.136. The van der Waals surface area contributed by atoms with E-state index < -0.39 is 4.92 Å². The smallest absolute Gasteiger partial charge is 0.270 e. The van der Waals surface area contributed by atoms with E-state index in [-0.39, 0.29) is 17.3 Å². The first-order valence-corrected chi connectivity index (χ1v) is 12.3. The van der Waals surface area contributed by atoms with Crippen LogP contribution in [0.4, 0.5) is 5.69 Å². The summed E-state index contributed by atoms with van der Waals surface area (Å²) in [7, 11) is 1.60. The number of thioether (sulfide) groups is 1. The Kier molecular flexibility index (Phi) is 8.16. The van der Waals surface area contributed by atoms with Crippen molar-refractivity contribution in [2.45, 2.75) is 12.1 Å². The molecule has 1 N–H and O–H groups in total. The number of aromatic nitrogens is 3. The predicted octanol–water partition coefficient (Wildman–Crippen LogP) is 5.14. The molecule has 0 unspecified atom stereocenters. The molecule has 0 aliphatic carbocycles. The zero-order valence-corrected chi connectivity index (χ0v) is 21.4. The highest BCUT2D eigenvalue weighted by Crippen LogP contribution is 2.29. The van der Waals surface area contributed by atoms with Gasteiger partial charge < -0.3 is 4.74 Å². The summed E-state index contributed by atoms with van der Waals surface area (Å²) in [5.74, 6) is 0.951. The number of non-ortho nitro benzene ring substituents is 1. The molecule has 188 valence electrons. The van der Waals surface area contributed by atoms with Crippen LogP contribution in [0.3, 0.4) is 0 Å². The molecule has 37 heavy (non-hydrogen) atoms. The van der Waals surface area contributed by atoms with E-state index in [2.05, 4.69) is 20.7 Å². The Hall–Kier alpha value is -4.22. The molecule has 0 atom stereocenters. The average Bonchev–Trinajstić information content (AvgIpc) is 3.35. The Morgan fingerprint density at radius 3 is 2.54 bits per heavy atom. The lowest BCUT2D eigenvalue weighted by Crippen LogP contribution is -2.21. The molecule has 0 saturated heterocycles. The Morgan fingerprint density at radius 2 is 1.86 bits per heavy atom. The van der Waals surface area contributed by atoms with E-state index in [4.69, 9.17) is 16.3 Å². The maximum atomic E-state index is 12.5. The van der Waals surface area contributed by atoms with Crippen molar-refractivity contribution in [2.24, 2.45) is 5.10 Å². The minimum atomic E-state index is -0.483. The summed E-state index contributed by atoms with van der Waals surface area (Å²) in [4.78, 5) is 23.0. The van der Waals surface area contributed by atoms with Crippen molar-refractivity contribution < 1.29 is 14.5 Å². The third-order valence-electron chi connectivity index (χ3n) is 5.22. The number of hydrazone groups is 1. The molecule has 1 amide bonds. The molecular weight excluding hydrogens is 516 g/mol. The second-order valence-electron chi connectivity index (χ2n) is 7.67. The third-order valence-corrected chi connectivity index (χ3v) is 6.40. The molecule has 10 nitrogen and oxygen atoms in total. The van der Waals surface area contributed by atoms with Crippen molar-refractivity contribution in [3.8, 4) is 22.8 Å². The number of ether oxygens (including phenoxy) is 1. The number of rotatable bonds is 9. The minimum absolute atomic E-state index is 0.0139. The number of benzene rings is 3. The first-order chi connectivity index (χ1) is 17.9. The number of nitro groups is 1. The van der Waals surface area contributed by atoms with E-state index in [1.807, 2.05) is 41.0 Å². The summed E-state index contributed by atoms with van der Waals surface area (Å²) in [6.45, 7) is 1.66. The maximum Gasteiger partial charge on any atom is 0.270 e. The lowest BCUT2D eigenvalue weighted by Gasteiger charge is -2.11. The molecule has 0 fully saturated rings. The molecule has 4 aromatic rings. The Bertz CT molecular complexity index is 1460. The Morgan fingerprint density at radius 1 is 1.14 bits per heavy atom. The van der Waals surface area contributed by atoms with E-state index in [0.29, 0.717) is 33.0 Å². The lowest BCUT2D eigenvalue weighted by molar-refractivity contribution is -0.384. The van der Waals surface area contributed by atoms with Crippen molar-refractivity contribution in [3.05, 3.63) is 93.5 Å². The fraction of sp³-hybridized carbons (Fsp3) is 0.120. The molecule has 1 heterocycles. The standard InChI is InChI=1S/C25H21ClN6O4S/c1-16(18-4-3-5-21(14-18)32(34)35)27-28-23(33)15-37-25-30-29-24(17-6-12-22(36-2)13-7-17)31(25)20-10-8-19(26)9-11-20/h3-14H,15H2,1-2H3,(H,28,33). The van der Waals surface area contributed by atoms with Gasteiger partial charge >= 0.3 is 0 Å². The van der Waals surface area contributed by atoms with Crippen LogP contribution >= 0.6 is 23.4 Å². The highest BCUT2D eigenvalue weighted by Gasteiger charge is 2.18. The zero-order chi connectivity index (χ0) is 26.4. The number of amides is 1. The number of carbonyl (C=O) groups is 1.